The Hall–Kier alpha value is -1.02. The van der Waals surface area contributed by atoms with Crippen molar-refractivity contribution in [3.8, 4) is 5.75 Å². The minimum Gasteiger partial charge on any atom is -0.497 e. The van der Waals surface area contributed by atoms with Gasteiger partial charge in [-0.3, -0.25) is 0 Å². The van der Waals surface area contributed by atoms with Crippen LogP contribution < -0.4 is 4.74 Å². The van der Waals surface area contributed by atoms with Crippen molar-refractivity contribution in [2.24, 2.45) is 5.92 Å². The maximum absolute atomic E-state index is 9.76. The molecule has 1 rings (SSSR count). The lowest BCUT2D eigenvalue weighted by Gasteiger charge is -2.12. The fourth-order valence-corrected chi connectivity index (χ4v) is 2.00. The molecular formula is C15H24O2. The van der Waals surface area contributed by atoms with Gasteiger partial charge in [0.05, 0.1) is 13.2 Å². The molecule has 0 spiro atoms. The summed E-state index contributed by atoms with van der Waals surface area (Å²) in [7, 11) is 1.68. The molecule has 2 nitrogen and oxygen atoms in total. The van der Waals surface area contributed by atoms with Crippen molar-refractivity contribution in [3.63, 3.8) is 0 Å². The number of hydrogen-bond acceptors (Lipinski definition) is 2. The third-order valence-corrected chi connectivity index (χ3v) is 2.91. The number of methoxy groups -OCH3 is 1. The molecule has 17 heavy (non-hydrogen) atoms. The van der Waals surface area contributed by atoms with Crippen LogP contribution in [-0.4, -0.2) is 18.3 Å². The van der Waals surface area contributed by atoms with Gasteiger partial charge in [0.15, 0.2) is 0 Å². The van der Waals surface area contributed by atoms with Gasteiger partial charge in [-0.1, -0.05) is 26.0 Å². The Bertz CT molecular complexity index is 303. The van der Waals surface area contributed by atoms with Gasteiger partial charge in [-0.25, -0.2) is 0 Å². The van der Waals surface area contributed by atoms with Gasteiger partial charge in [0.2, 0.25) is 0 Å². The van der Waals surface area contributed by atoms with Crippen molar-refractivity contribution >= 4 is 0 Å². The Morgan fingerprint density at radius 3 is 2.35 bits per heavy atom. The molecule has 1 aromatic rings. The summed E-state index contributed by atoms with van der Waals surface area (Å²) >= 11 is 0. The lowest BCUT2D eigenvalue weighted by atomic mass is 10.00. The van der Waals surface area contributed by atoms with Crippen LogP contribution in [0.1, 0.15) is 38.7 Å². The number of aliphatic hydroxyl groups excluding tert-OH is 1. The number of ether oxygens (including phenoxy) is 1. The van der Waals surface area contributed by atoms with Gasteiger partial charge < -0.3 is 9.84 Å². The zero-order valence-corrected chi connectivity index (χ0v) is 11.1. The number of rotatable bonds is 7. The van der Waals surface area contributed by atoms with Crippen molar-refractivity contribution in [2.45, 2.75) is 45.6 Å². The molecular weight excluding hydrogens is 212 g/mol. The van der Waals surface area contributed by atoms with Gasteiger partial charge in [0, 0.05) is 0 Å². The first-order chi connectivity index (χ1) is 8.11. The first kappa shape index (κ1) is 14.0. The number of aryl methyl sites for hydroxylation is 1. The first-order valence-corrected chi connectivity index (χ1v) is 6.42. The Labute approximate surface area is 105 Å². The lowest BCUT2D eigenvalue weighted by molar-refractivity contribution is 0.137. The number of aliphatic hydroxyl groups is 1. The van der Waals surface area contributed by atoms with Crippen LogP contribution in [0.4, 0.5) is 0 Å². The number of hydrogen-bond donors (Lipinski definition) is 1. The van der Waals surface area contributed by atoms with Crippen molar-refractivity contribution < 1.29 is 9.84 Å². The second-order valence-electron chi connectivity index (χ2n) is 5.02. The highest BCUT2D eigenvalue weighted by Crippen LogP contribution is 2.15. The molecule has 0 radical (unpaired) electrons. The average molecular weight is 236 g/mol. The van der Waals surface area contributed by atoms with E-state index in [2.05, 4.69) is 26.0 Å². The molecule has 1 atom stereocenters. The molecule has 0 bridgehead atoms. The molecule has 0 aliphatic rings. The highest BCUT2D eigenvalue weighted by Gasteiger charge is 2.06. The molecule has 0 aromatic heterocycles. The van der Waals surface area contributed by atoms with Crippen molar-refractivity contribution in [1.29, 1.82) is 0 Å². The summed E-state index contributed by atoms with van der Waals surface area (Å²) in [5, 5.41) is 9.76. The molecule has 0 saturated heterocycles. The third kappa shape index (κ3) is 5.73. The lowest BCUT2D eigenvalue weighted by Crippen LogP contribution is -2.10. The Kier molecular flexibility index (Phi) is 6.06. The molecule has 1 aromatic carbocycles. The van der Waals surface area contributed by atoms with Crippen molar-refractivity contribution in [2.75, 3.05) is 7.11 Å². The first-order valence-electron chi connectivity index (χ1n) is 6.42. The molecule has 0 saturated carbocycles. The van der Waals surface area contributed by atoms with Gasteiger partial charge in [0.1, 0.15) is 5.75 Å². The normalized spacial score (nSPS) is 12.8. The fraction of sp³-hybridized carbons (Fsp3) is 0.600. The van der Waals surface area contributed by atoms with Crippen LogP contribution in [0.25, 0.3) is 0 Å². The Balaban J connectivity index is 2.25. The smallest absolute Gasteiger partial charge is 0.118 e. The molecule has 1 N–H and O–H groups in total. The quantitative estimate of drug-likeness (QED) is 0.786. The molecule has 0 amide bonds. The van der Waals surface area contributed by atoms with E-state index >= 15 is 0 Å². The third-order valence-electron chi connectivity index (χ3n) is 2.91. The summed E-state index contributed by atoms with van der Waals surface area (Å²) in [6.07, 6.45) is 3.72. The van der Waals surface area contributed by atoms with E-state index in [0.717, 1.165) is 31.4 Å². The van der Waals surface area contributed by atoms with Gasteiger partial charge >= 0.3 is 0 Å². The van der Waals surface area contributed by atoms with Gasteiger partial charge in [-0.05, 0) is 49.3 Å². The topological polar surface area (TPSA) is 29.5 Å². The molecule has 0 aliphatic heterocycles. The van der Waals surface area contributed by atoms with Crippen LogP contribution in [0.2, 0.25) is 0 Å². The predicted molar refractivity (Wildman–Crippen MR) is 71.4 cm³/mol. The van der Waals surface area contributed by atoms with Crippen LogP contribution >= 0.6 is 0 Å². The maximum atomic E-state index is 9.76. The summed E-state index contributed by atoms with van der Waals surface area (Å²) < 4.78 is 5.12. The Morgan fingerprint density at radius 1 is 1.18 bits per heavy atom. The molecule has 0 fully saturated rings. The monoisotopic (exact) mass is 236 g/mol. The standard InChI is InChI=1S/C15H24O2/c1-12(2)11-14(16)6-4-5-13-7-9-15(17-3)10-8-13/h7-10,12,14,16H,4-6,11H2,1-3H3. The minimum atomic E-state index is -0.145. The van der Waals surface area contributed by atoms with E-state index < -0.39 is 0 Å². The van der Waals surface area contributed by atoms with E-state index in [-0.39, 0.29) is 6.10 Å². The van der Waals surface area contributed by atoms with Crippen LogP contribution in [0, 0.1) is 5.92 Å². The largest absolute Gasteiger partial charge is 0.497 e. The maximum Gasteiger partial charge on any atom is 0.118 e. The SMILES string of the molecule is COc1ccc(CCCC(O)CC(C)C)cc1. The summed E-state index contributed by atoms with van der Waals surface area (Å²) in [6, 6.07) is 8.15. The summed E-state index contributed by atoms with van der Waals surface area (Å²) in [5.41, 5.74) is 1.31. The molecule has 96 valence electrons. The fourth-order valence-electron chi connectivity index (χ4n) is 2.00. The van der Waals surface area contributed by atoms with E-state index in [9.17, 15) is 5.11 Å². The number of benzene rings is 1. The van der Waals surface area contributed by atoms with Crippen LogP contribution in [0.5, 0.6) is 5.75 Å². The zero-order chi connectivity index (χ0) is 12.7. The summed E-state index contributed by atoms with van der Waals surface area (Å²) in [4.78, 5) is 0. The van der Waals surface area contributed by atoms with E-state index in [1.165, 1.54) is 5.56 Å². The van der Waals surface area contributed by atoms with Gasteiger partial charge in [-0.2, -0.15) is 0 Å². The van der Waals surface area contributed by atoms with E-state index in [1.54, 1.807) is 7.11 Å². The Morgan fingerprint density at radius 2 is 1.82 bits per heavy atom. The van der Waals surface area contributed by atoms with Crippen LogP contribution in [-0.2, 0) is 6.42 Å². The summed E-state index contributed by atoms with van der Waals surface area (Å²) in [6.45, 7) is 4.29. The van der Waals surface area contributed by atoms with Crippen molar-refractivity contribution in [1.82, 2.24) is 0 Å². The highest BCUT2D eigenvalue weighted by atomic mass is 16.5. The molecule has 0 heterocycles. The van der Waals surface area contributed by atoms with Crippen LogP contribution in [0.3, 0.4) is 0 Å². The summed E-state index contributed by atoms with van der Waals surface area (Å²) in [5.74, 6) is 1.47. The molecule has 1 unspecified atom stereocenters. The second kappa shape index (κ2) is 7.33. The van der Waals surface area contributed by atoms with Crippen molar-refractivity contribution in [3.05, 3.63) is 29.8 Å². The van der Waals surface area contributed by atoms with E-state index in [4.69, 9.17) is 4.74 Å². The van der Waals surface area contributed by atoms with Crippen LogP contribution in [0.15, 0.2) is 24.3 Å². The minimum absolute atomic E-state index is 0.145. The second-order valence-corrected chi connectivity index (χ2v) is 5.02. The van der Waals surface area contributed by atoms with Gasteiger partial charge in [0.25, 0.3) is 0 Å². The highest BCUT2D eigenvalue weighted by molar-refractivity contribution is 5.27. The predicted octanol–water partition coefficient (Wildman–Crippen LogP) is 3.42. The zero-order valence-electron chi connectivity index (χ0n) is 11.1. The van der Waals surface area contributed by atoms with Gasteiger partial charge in [-0.15, -0.1) is 0 Å². The van der Waals surface area contributed by atoms with E-state index in [0.29, 0.717) is 5.92 Å². The molecule has 0 aliphatic carbocycles. The average Bonchev–Trinajstić information content (AvgIpc) is 2.29. The molecule has 2 heteroatoms. The van der Waals surface area contributed by atoms with E-state index in [1.807, 2.05) is 12.1 Å².